The fourth-order valence-electron chi connectivity index (χ4n) is 2.53. The smallest absolute Gasteiger partial charge is 0.309 e. The van der Waals surface area contributed by atoms with Gasteiger partial charge in [-0.05, 0) is 19.8 Å². The first kappa shape index (κ1) is 15.3. The minimum atomic E-state index is -0.313. The summed E-state index contributed by atoms with van der Waals surface area (Å²) >= 11 is 0. The Labute approximate surface area is 119 Å². The van der Waals surface area contributed by atoms with Gasteiger partial charge in [-0.25, -0.2) is 0 Å². The van der Waals surface area contributed by atoms with Crippen LogP contribution in [-0.4, -0.2) is 61.8 Å². The van der Waals surface area contributed by atoms with Crippen LogP contribution in [-0.2, 0) is 19.1 Å². The average Bonchev–Trinajstić information content (AvgIpc) is 3.28. The van der Waals surface area contributed by atoms with Crippen LogP contribution in [0.4, 0.5) is 0 Å². The number of rotatable bonds is 5. The minimum absolute atomic E-state index is 0.0103. The van der Waals surface area contributed by atoms with Gasteiger partial charge in [0, 0.05) is 18.6 Å². The van der Waals surface area contributed by atoms with Gasteiger partial charge in [0.15, 0.2) is 0 Å². The van der Waals surface area contributed by atoms with Crippen LogP contribution in [0.5, 0.6) is 0 Å². The zero-order chi connectivity index (χ0) is 14.7. The van der Waals surface area contributed by atoms with Crippen molar-refractivity contribution in [1.82, 2.24) is 10.2 Å². The molecule has 1 saturated carbocycles. The highest BCUT2D eigenvalue weighted by molar-refractivity contribution is 5.82. The lowest BCUT2D eigenvalue weighted by atomic mass is 9.99. The second-order valence-electron chi connectivity index (χ2n) is 5.66. The van der Waals surface area contributed by atoms with Gasteiger partial charge in [-0.3, -0.25) is 14.5 Å². The standard InChI is InChI=1S/C14H24N2O4/c1-9(14(18)19-3)10(2)16-6-7-20-8-12(16)13(17)15-11-4-5-11/h9-12H,4-8H2,1-3H3,(H,15,17). The first-order chi connectivity index (χ1) is 9.54. The number of nitrogens with one attached hydrogen (secondary N) is 1. The summed E-state index contributed by atoms with van der Waals surface area (Å²) in [6.07, 6.45) is 2.13. The summed E-state index contributed by atoms with van der Waals surface area (Å²) in [5.41, 5.74) is 0. The molecular formula is C14H24N2O4. The molecule has 0 aromatic rings. The topological polar surface area (TPSA) is 67.9 Å². The molecule has 2 fully saturated rings. The van der Waals surface area contributed by atoms with Gasteiger partial charge >= 0.3 is 5.97 Å². The molecule has 1 aliphatic carbocycles. The second-order valence-corrected chi connectivity index (χ2v) is 5.66. The van der Waals surface area contributed by atoms with E-state index in [-0.39, 0.29) is 29.9 Å². The number of carbonyl (C=O) groups is 2. The third-order valence-electron chi connectivity index (χ3n) is 4.22. The summed E-state index contributed by atoms with van der Waals surface area (Å²) in [6, 6.07) is -0.0348. The SMILES string of the molecule is COC(=O)C(C)C(C)N1CCOCC1C(=O)NC1CC1. The molecule has 3 unspecified atom stereocenters. The van der Waals surface area contributed by atoms with Crippen LogP contribution >= 0.6 is 0 Å². The molecule has 0 radical (unpaired) electrons. The monoisotopic (exact) mass is 284 g/mol. The van der Waals surface area contributed by atoms with Crippen molar-refractivity contribution in [2.75, 3.05) is 26.9 Å². The highest BCUT2D eigenvalue weighted by Gasteiger charge is 2.38. The minimum Gasteiger partial charge on any atom is -0.469 e. The largest absolute Gasteiger partial charge is 0.469 e. The van der Waals surface area contributed by atoms with Gasteiger partial charge in [-0.2, -0.15) is 0 Å². The Hall–Kier alpha value is -1.14. The fraction of sp³-hybridized carbons (Fsp3) is 0.857. The summed E-state index contributed by atoms with van der Waals surface area (Å²) in [5.74, 6) is -0.504. The molecule has 114 valence electrons. The van der Waals surface area contributed by atoms with Crippen LogP contribution in [0.15, 0.2) is 0 Å². The molecule has 1 saturated heterocycles. The van der Waals surface area contributed by atoms with Gasteiger partial charge in [0.25, 0.3) is 0 Å². The van der Waals surface area contributed by atoms with E-state index in [0.29, 0.717) is 25.8 Å². The first-order valence-electron chi connectivity index (χ1n) is 7.26. The van der Waals surface area contributed by atoms with Crippen LogP contribution in [0.1, 0.15) is 26.7 Å². The summed E-state index contributed by atoms with van der Waals surface area (Å²) in [6.45, 7) is 5.43. The third-order valence-corrected chi connectivity index (χ3v) is 4.22. The summed E-state index contributed by atoms with van der Waals surface area (Å²) in [5, 5.41) is 3.01. The van der Waals surface area contributed by atoms with Gasteiger partial charge in [-0.15, -0.1) is 0 Å². The number of nitrogens with zero attached hydrogens (tertiary/aromatic N) is 1. The number of hydrogen-bond donors (Lipinski definition) is 1. The molecule has 1 N–H and O–H groups in total. The van der Waals surface area contributed by atoms with Crippen LogP contribution in [0, 0.1) is 5.92 Å². The van der Waals surface area contributed by atoms with Gasteiger partial charge in [-0.1, -0.05) is 6.92 Å². The molecule has 0 spiro atoms. The van der Waals surface area contributed by atoms with E-state index in [9.17, 15) is 9.59 Å². The predicted octanol–water partition coefficient (Wildman–Crippen LogP) is 0.163. The number of morpholine rings is 1. The molecule has 0 aromatic heterocycles. The van der Waals surface area contributed by atoms with Crippen molar-refractivity contribution < 1.29 is 19.1 Å². The van der Waals surface area contributed by atoms with Crippen molar-refractivity contribution in [1.29, 1.82) is 0 Å². The van der Waals surface area contributed by atoms with Crippen molar-refractivity contribution >= 4 is 11.9 Å². The van der Waals surface area contributed by atoms with Crippen molar-refractivity contribution in [3.05, 3.63) is 0 Å². The van der Waals surface area contributed by atoms with E-state index in [1.807, 2.05) is 13.8 Å². The Kier molecular flexibility index (Phi) is 4.99. The molecule has 0 aromatic carbocycles. The van der Waals surface area contributed by atoms with E-state index >= 15 is 0 Å². The zero-order valence-corrected chi connectivity index (χ0v) is 12.4. The summed E-state index contributed by atoms with van der Waals surface area (Å²) < 4.78 is 10.2. The van der Waals surface area contributed by atoms with Gasteiger partial charge in [0.1, 0.15) is 6.04 Å². The molecule has 0 bridgehead atoms. The van der Waals surface area contributed by atoms with E-state index < -0.39 is 0 Å². The van der Waals surface area contributed by atoms with Crippen LogP contribution < -0.4 is 5.32 Å². The highest BCUT2D eigenvalue weighted by atomic mass is 16.5. The Morgan fingerprint density at radius 2 is 2.05 bits per heavy atom. The van der Waals surface area contributed by atoms with E-state index in [0.717, 1.165) is 12.8 Å². The lowest BCUT2D eigenvalue weighted by Crippen LogP contribution is -2.58. The number of methoxy groups -OCH3 is 1. The maximum atomic E-state index is 12.3. The predicted molar refractivity (Wildman–Crippen MR) is 73.1 cm³/mol. The second kappa shape index (κ2) is 6.54. The quantitative estimate of drug-likeness (QED) is 0.729. The molecule has 1 amide bonds. The molecule has 2 aliphatic rings. The van der Waals surface area contributed by atoms with E-state index in [1.165, 1.54) is 7.11 Å². The Balaban J connectivity index is 2.01. The summed E-state index contributed by atoms with van der Waals surface area (Å²) in [4.78, 5) is 26.0. The van der Waals surface area contributed by atoms with E-state index in [2.05, 4.69) is 10.2 Å². The lowest BCUT2D eigenvalue weighted by molar-refractivity contribution is -0.151. The zero-order valence-electron chi connectivity index (χ0n) is 12.4. The number of hydrogen-bond acceptors (Lipinski definition) is 5. The molecular weight excluding hydrogens is 260 g/mol. The number of amides is 1. The van der Waals surface area contributed by atoms with Gasteiger partial charge in [0.05, 0.1) is 26.2 Å². The van der Waals surface area contributed by atoms with Crippen molar-refractivity contribution in [3.8, 4) is 0 Å². The highest BCUT2D eigenvalue weighted by Crippen LogP contribution is 2.22. The first-order valence-corrected chi connectivity index (χ1v) is 7.26. The van der Waals surface area contributed by atoms with Crippen LogP contribution in [0.3, 0.4) is 0 Å². The van der Waals surface area contributed by atoms with Crippen molar-refractivity contribution in [2.24, 2.45) is 5.92 Å². The molecule has 6 heteroatoms. The summed E-state index contributed by atoms with van der Waals surface area (Å²) in [7, 11) is 1.39. The average molecular weight is 284 g/mol. The third kappa shape index (κ3) is 3.49. The van der Waals surface area contributed by atoms with Crippen molar-refractivity contribution in [2.45, 2.75) is 44.8 Å². The molecule has 20 heavy (non-hydrogen) atoms. The molecule has 2 rings (SSSR count). The Bertz CT molecular complexity index is 370. The fourth-order valence-corrected chi connectivity index (χ4v) is 2.53. The number of carbonyl (C=O) groups excluding carboxylic acids is 2. The molecule has 1 heterocycles. The van der Waals surface area contributed by atoms with Crippen LogP contribution in [0.2, 0.25) is 0 Å². The van der Waals surface area contributed by atoms with E-state index in [4.69, 9.17) is 9.47 Å². The van der Waals surface area contributed by atoms with Gasteiger partial charge in [0.2, 0.25) is 5.91 Å². The maximum Gasteiger partial charge on any atom is 0.309 e. The Morgan fingerprint density at radius 3 is 2.65 bits per heavy atom. The normalized spacial score (nSPS) is 26.6. The Morgan fingerprint density at radius 1 is 1.35 bits per heavy atom. The van der Waals surface area contributed by atoms with Crippen LogP contribution in [0.25, 0.3) is 0 Å². The van der Waals surface area contributed by atoms with Gasteiger partial charge < -0.3 is 14.8 Å². The molecule has 1 aliphatic heterocycles. The molecule has 6 nitrogen and oxygen atoms in total. The van der Waals surface area contributed by atoms with Crippen molar-refractivity contribution in [3.63, 3.8) is 0 Å². The number of esters is 1. The lowest BCUT2D eigenvalue weighted by Gasteiger charge is -2.40. The molecule has 3 atom stereocenters. The van der Waals surface area contributed by atoms with E-state index in [1.54, 1.807) is 0 Å². The maximum absolute atomic E-state index is 12.3. The number of ether oxygens (including phenoxy) is 2.